The van der Waals surface area contributed by atoms with Crippen molar-refractivity contribution < 1.29 is 12.4 Å². The highest BCUT2D eigenvalue weighted by Crippen LogP contribution is 2.15. The number of hydrogen-bond acceptors (Lipinski definition) is 1. The van der Waals surface area contributed by atoms with Gasteiger partial charge >= 0.3 is 0 Å². The van der Waals surface area contributed by atoms with Gasteiger partial charge in [-0.2, -0.15) is 0 Å². The predicted molar refractivity (Wildman–Crippen MR) is 60.8 cm³/mol. The van der Waals surface area contributed by atoms with Crippen LogP contribution in [0.1, 0.15) is 5.56 Å². The number of halogens is 2. The second kappa shape index (κ2) is 5.73. The van der Waals surface area contributed by atoms with Gasteiger partial charge in [-0.05, 0) is 23.8 Å². The maximum atomic E-state index is 7.37. The first-order valence-electron chi connectivity index (χ1n) is 4.70. The molecule has 0 aliphatic carbocycles. The minimum atomic E-state index is 0. The van der Waals surface area contributed by atoms with E-state index in [2.05, 4.69) is 0 Å². The molecule has 0 saturated heterocycles. The molecular formula is C12H11Cl2N2-. The van der Waals surface area contributed by atoms with Crippen LogP contribution < -0.4 is 17.8 Å². The van der Waals surface area contributed by atoms with Crippen molar-refractivity contribution in [3.05, 3.63) is 64.7 Å². The van der Waals surface area contributed by atoms with Crippen LogP contribution in [-0.2, 0) is 6.54 Å². The van der Waals surface area contributed by atoms with Gasteiger partial charge in [0.05, 0.1) is 5.36 Å². The SMILES string of the molecule is N=c1ccn(Cc2ccccc2Cl)cc1.[Cl-]. The Labute approximate surface area is 105 Å². The average Bonchev–Trinajstić information content (AvgIpc) is 2.25. The van der Waals surface area contributed by atoms with Gasteiger partial charge < -0.3 is 22.4 Å². The van der Waals surface area contributed by atoms with Crippen molar-refractivity contribution >= 4 is 11.6 Å². The fourth-order valence-electron chi connectivity index (χ4n) is 1.39. The van der Waals surface area contributed by atoms with Gasteiger partial charge in [-0.3, -0.25) is 0 Å². The molecule has 0 spiro atoms. The molecule has 0 aliphatic heterocycles. The summed E-state index contributed by atoms with van der Waals surface area (Å²) in [6, 6.07) is 11.3. The third-order valence-electron chi connectivity index (χ3n) is 2.20. The Bertz CT molecular complexity index is 500. The Hall–Kier alpha value is -1.25. The van der Waals surface area contributed by atoms with E-state index in [0.29, 0.717) is 5.36 Å². The van der Waals surface area contributed by atoms with Gasteiger partial charge in [-0.1, -0.05) is 29.8 Å². The molecule has 4 heteroatoms. The highest BCUT2D eigenvalue weighted by Gasteiger charge is 1.98. The van der Waals surface area contributed by atoms with Crippen molar-refractivity contribution in [2.75, 3.05) is 0 Å². The average molecular weight is 254 g/mol. The fourth-order valence-corrected chi connectivity index (χ4v) is 1.58. The number of nitrogens with one attached hydrogen (secondary N) is 1. The minimum absolute atomic E-state index is 0. The maximum Gasteiger partial charge on any atom is 0.0568 e. The summed E-state index contributed by atoms with van der Waals surface area (Å²) in [4.78, 5) is 0. The zero-order valence-electron chi connectivity index (χ0n) is 8.53. The van der Waals surface area contributed by atoms with Crippen molar-refractivity contribution in [3.63, 3.8) is 0 Å². The van der Waals surface area contributed by atoms with E-state index in [9.17, 15) is 0 Å². The molecule has 2 nitrogen and oxygen atoms in total. The topological polar surface area (TPSA) is 28.8 Å². The number of pyridine rings is 1. The van der Waals surface area contributed by atoms with Crippen LogP contribution in [0.5, 0.6) is 0 Å². The Morgan fingerprint density at radius 1 is 1.06 bits per heavy atom. The van der Waals surface area contributed by atoms with Crippen molar-refractivity contribution in [1.29, 1.82) is 5.41 Å². The highest BCUT2D eigenvalue weighted by molar-refractivity contribution is 6.31. The normalized spacial score (nSPS) is 9.56. The lowest BCUT2D eigenvalue weighted by atomic mass is 10.2. The molecule has 1 aromatic heterocycles. The molecular weight excluding hydrogens is 243 g/mol. The zero-order valence-corrected chi connectivity index (χ0v) is 10.0. The first-order chi connectivity index (χ1) is 7.25. The highest BCUT2D eigenvalue weighted by atomic mass is 35.5. The van der Waals surface area contributed by atoms with E-state index in [1.807, 2.05) is 41.2 Å². The first kappa shape index (κ1) is 12.8. The smallest absolute Gasteiger partial charge is 0.0568 e. The van der Waals surface area contributed by atoms with E-state index in [1.54, 1.807) is 12.1 Å². The summed E-state index contributed by atoms with van der Waals surface area (Å²) < 4.78 is 2.00. The molecule has 1 N–H and O–H groups in total. The lowest BCUT2D eigenvalue weighted by molar-refractivity contribution is -0.00000318. The summed E-state index contributed by atoms with van der Waals surface area (Å²) in [5.41, 5.74) is 1.09. The Kier molecular flexibility index (Phi) is 4.59. The van der Waals surface area contributed by atoms with E-state index in [-0.39, 0.29) is 12.4 Å². The molecule has 1 heterocycles. The van der Waals surface area contributed by atoms with Gasteiger partial charge in [0, 0.05) is 24.0 Å². The molecule has 0 saturated carbocycles. The Balaban J connectivity index is 0.00000128. The summed E-state index contributed by atoms with van der Waals surface area (Å²) in [5, 5.41) is 8.67. The number of aromatic nitrogens is 1. The minimum Gasteiger partial charge on any atom is -1.00 e. The number of benzene rings is 1. The third kappa shape index (κ3) is 3.12. The van der Waals surface area contributed by atoms with Crippen LogP contribution in [0.4, 0.5) is 0 Å². The van der Waals surface area contributed by atoms with Gasteiger partial charge in [-0.25, -0.2) is 0 Å². The molecule has 16 heavy (non-hydrogen) atoms. The third-order valence-corrected chi connectivity index (χ3v) is 2.57. The molecule has 84 valence electrons. The molecule has 0 bridgehead atoms. The molecule has 1 aromatic carbocycles. The Morgan fingerprint density at radius 2 is 1.69 bits per heavy atom. The molecule has 0 fully saturated rings. The Morgan fingerprint density at radius 3 is 2.31 bits per heavy atom. The van der Waals surface area contributed by atoms with Crippen molar-refractivity contribution in [3.8, 4) is 0 Å². The summed E-state index contributed by atoms with van der Waals surface area (Å²) in [6.07, 6.45) is 3.76. The van der Waals surface area contributed by atoms with Gasteiger partial charge in [0.2, 0.25) is 0 Å². The molecule has 2 aromatic rings. The standard InChI is InChI=1S/C12H11ClN2.ClH/c13-12-4-2-1-3-10(12)9-15-7-5-11(14)6-8-15;/h1-8,14H,9H2;1H/p-1. The van der Waals surface area contributed by atoms with E-state index < -0.39 is 0 Å². The summed E-state index contributed by atoms with van der Waals surface area (Å²) in [7, 11) is 0. The van der Waals surface area contributed by atoms with Crippen LogP contribution >= 0.6 is 11.6 Å². The summed E-state index contributed by atoms with van der Waals surface area (Å²) in [6.45, 7) is 0.736. The van der Waals surface area contributed by atoms with Crippen LogP contribution in [0.25, 0.3) is 0 Å². The lowest BCUT2D eigenvalue weighted by Gasteiger charge is -2.07. The number of hydrogen-bond donors (Lipinski definition) is 1. The molecule has 2 rings (SSSR count). The maximum absolute atomic E-state index is 7.37. The van der Waals surface area contributed by atoms with E-state index >= 15 is 0 Å². The van der Waals surface area contributed by atoms with E-state index in [1.165, 1.54) is 0 Å². The van der Waals surface area contributed by atoms with Crippen LogP contribution in [0.3, 0.4) is 0 Å². The molecule has 0 radical (unpaired) electrons. The monoisotopic (exact) mass is 253 g/mol. The summed E-state index contributed by atoms with van der Waals surface area (Å²) >= 11 is 6.06. The number of nitrogens with zero attached hydrogens (tertiary/aromatic N) is 1. The molecule has 0 amide bonds. The second-order valence-electron chi connectivity index (χ2n) is 3.35. The second-order valence-corrected chi connectivity index (χ2v) is 3.76. The van der Waals surface area contributed by atoms with Crippen molar-refractivity contribution in [2.45, 2.75) is 6.54 Å². The predicted octanol–water partition coefficient (Wildman–Crippen LogP) is -0.327. The zero-order chi connectivity index (χ0) is 10.7. The van der Waals surface area contributed by atoms with Crippen molar-refractivity contribution in [1.82, 2.24) is 4.57 Å². The van der Waals surface area contributed by atoms with Crippen LogP contribution in [-0.4, -0.2) is 4.57 Å². The van der Waals surface area contributed by atoms with Crippen LogP contribution in [0, 0.1) is 5.41 Å². The van der Waals surface area contributed by atoms with E-state index in [0.717, 1.165) is 17.1 Å². The van der Waals surface area contributed by atoms with Crippen LogP contribution in [0.2, 0.25) is 5.02 Å². The van der Waals surface area contributed by atoms with Gasteiger partial charge in [0.25, 0.3) is 0 Å². The lowest BCUT2D eigenvalue weighted by Crippen LogP contribution is -3.00. The fraction of sp³-hybridized carbons (Fsp3) is 0.0833. The molecule has 0 unspecified atom stereocenters. The van der Waals surface area contributed by atoms with Crippen LogP contribution in [0.15, 0.2) is 48.8 Å². The quantitative estimate of drug-likeness (QED) is 0.760. The van der Waals surface area contributed by atoms with Gasteiger partial charge in [0.1, 0.15) is 0 Å². The molecule has 0 atom stereocenters. The van der Waals surface area contributed by atoms with E-state index in [4.69, 9.17) is 17.0 Å². The molecule has 0 aliphatic rings. The largest absolute Gasteiger partial charge is 1.00 e. The first-order valence-corrected chi connectivity index (χ1v) is 5.07. The van der Waals surface area contributed by atoms with Gasteiger partial charge in [-0.15, -0.1) is 0 Å². The van der Waals surface area contributed by atoms with Crippen molar-refractivity contribution in [2.24, 2.45) is 0 Å². The van der Waals surface area contributed by atoms with Gasteiger partial charge in [0.15, 0.2) is 0 Å². The number of rotatable bonds is 2. The summed E-state index contributed by atoms with van der Waals surface area (Å²) in [5.74, 6) is 0.